The number of hydrogen-bond acceptors (Lipinski definition) is 2. The molecule has 1 aromatic rings. The van der Waals surface area contributed by atoms with Crippen molar-refractivity contribution >= 4 is 11.6 Å². The van der Waals surface area contributed by atoms with Gasteiger partial charge < -0.3 is 10.1 Å². The normalized spacial score (nSPS) is 14.8. The maximum absolute atomic E-state index is 6.17. The van der Waals surface area contributed by atoms with Crippen LogP contribution in [0.5, 0.6) is 0 Å². The van der Waals surface area contributed by atoms with Gasteiger partial charge in [0.05, 0.1) is 6.61 Å². The monoisotopic (exact) mass is 241 g/mol. The largest absolute Gasteiger partial charge is 0.383 e. The summed E-state index contributed by atoms with van der Waals surface area (Å²) in [6.45, 7) is 5.96. The molecule has 0 aliphatic carbocycles. The summed E-state index contributed by atoms with van der Waals surface area (Å²) in [6.07, 6.45) is 0. The third-order valence-corrected chi connectivity index (χ3v) is 3.26. The summed E-state index contributed by atoms with van der Waals surface area (Å²) in [4.78, 5) is 0. The van der Waals surface area contributed by atoms with Crippen molar-refractivity contribution in [3.63, 3.8) is 0 Å². The molecule has 90 valence electrons. The highest BCUT2D eigenvalue weighted by molar-refractivity contribution is 6.31. The van der Waals surface area contributed by atoms with Gasteiger partial charge in [0.2, 0.25) is 0 Å². The zero-order valence-corrected chi connectivity index (χ0v) is 10.9. The van der Waals surface area contributed by atoms with Crippen molar-refractivity contribution in [2.24, 2.45) is 0 Å². The molecule has 2 atom stereocenters. The molecule has 2 nitrogen and oxygen atoms in total. The summed E-state index contributed by atoms with van der Waals surface area (Å²) in [6, 6.07) is 8.40. The molecule has 0 amide bonds. The van der Waals surface area contributed by atoms with Crippen LogP contribution in [-0.4, -0.2) is 26.3 Å². The van der Waals surface area contributed by atoms with E-state index in [9.17, 15) is 0 Å². The van der Waals surface area contributed by atoms with Crippen molar-refractivity contribution in [3.05, 3.63) is 34.9 Å². The van der Waals surface area contributed by atoms with E-state index in [1.807, 2.05) is 18.2 Å². The lowest BCUT2D eigenvalue weighted by atomic mass is 9.94. The van der Waals surface area contributed by atoms with Gasteiger partial charge in [-0.05, 0) is 24.5 Å². The maximum Gasteiger partial charge on any atom is 0.0587 e. The minimum Gasteiger partial charge on any atom is -0.383 e. The number of hydrogen-bond donors (Lipinski definition) is 1. The van der Waals surface area contributed by atoms with Gasteiger partial charge in [-0.1, -0.05) is 36.7 Å². The average molecular weight is 242 g/mol. The molecular formula is C13H20ClNO. The topological polar surface area (TPSA) is 21.3 Å². The van der Waals surface area contributed by atoms with Crippen LogP contribution in [-0.2, 0) is 4.74 Å². The van der Waals surface area contributed by atoms with Crippen LogP contribution in [0.1, 0.15) is 25.3 Å². The minimum absolute atomic E-state index is 0.384. The molecule has 16 heavy (non-hydrogen) atoms. The highest BCUT2D eigenvalue weighted by Crippen LogP contribution is 2.26. The molecule has 0 spiro atoms. The lowest BCUT2D eigenvalue weighted by molar-refractivity contribution is 0.195. The molecule has 0 saturated heterocycles. The molecule has 0 aliphatic rings. The Morgan fingerprint density at radius 2 is 2.00 bits per heavy atom. The summed E-state index contributed by atoms with van der Waals surface area (Å²) >= 11 is 6.17. The van der Waals surface area contributed by atoms with Crippen LogP contribution in [0.4, 0.5) is 0 Å². The van der Waals surface area contributed by atoms with Crippen LogP contribution in [0.2, 0.25) is 5.02 Å². The van der Waals surface area contributed by atoms with Gasteiger partial charge >= 0.3 is 0 Å². The van der Waals surface area contributed by atoms with Crippen molar-refractivity contribution in [3.8, 4) is 0 Å². The van der Waals surface area contributed by atoms with Gasteiger partial charge in [-0.15, -0.1) is 0 Å². The first-order valence-electron chi connectivity index (χ1n) is 5.63. The Hall–Kier alpha value is -0.570. The second-order valence-electron chi connectivity index (χ2n) is 4.05. The molecule has 0 saturated carbocycles. The molecule has 2 unspecified atom stereocenters. The van der Waals surface area contributed by atoms with Gasteiger partial charge in [0.25, 0.3) is 0 Å². The lowest BCUT2D eigenvalue weighted by Gasteiger charge is -2.22. The predicted molar refractivity (Wildman–Crippen MR) is 69.2 cm³/mol. The Kier molecular flexibility index (Phi) is 5.81. The molecule has 1 N–H and O–H groups in total. The van der Waals surface area contributed by atoms with E-state index in [0.717, 1.165) is 18.2 Å². The second-order valence-corrected chi connectivity index (χ2v) is 4.45. The first-order chi connectivity index (χ1) is 7.66. The summed E-state index contributed by atoms with van der Waals surface area (Å²) in [5.74, 6) is 0.394. The Morgan fingerprint density at radius 1 is 1.31 bits per heavy atom. The summed E-state index contributed by atoms with van der Waals surface area (Å²) < 4.78 is 5.01. The van der Waals surface area contributed by atoms with Gasteiger partial charge in [0.15, 0.2) is 0 Å². The molecule has 0 aromatic heterocycles. The van der Waals surface area contributed by atoms with E-state index in [0.29, 0.717) is 12.0 Å². The number of ether oxygens (including phenoxy) is 1. The van der Waals surface area contributed by atoms with E-state index in [2.05, 4.69) is 25.2 Å². The van der Waals surface area contributed by atoms with E-state index in [-0.39, 0.29) is 0 Å². The first-order valence-corrected chi connectivity index (χ1v) is 6.01. The van der Waals surface area contributed by atoms with Crippen LogP contribution in [0.25, 0.3) is 0 Å². The zero-order chi connectivity index (χ0) is 12.0. The van der Waals surface area contributed by atoms with E-state index in [1.54, 1.807) is 7.11 Å². The molecule has 1 aromatic carbocycles. The van der Waals surface area contributed by atoms with E-state index in [1.165, 1.54) is 5.56 Å². The van der Waals surface area contributed by atoms with E-state index >= 15 is 0 Å². The Bertz CT molecular complexity index is 317. The Morgan fingerprint density at radius 3 is 2.62 bits per heavy atom. The van der Waals surface area contributed by atoms with Crippen LogP contribution < -0.4 is 5.32 Å². The Labute approximate surface area is 103 Å². The van der Waals surface area contributed by atoms with Crippen LogP contribution in [0.15, 0.2) is 24.3 Å². The maximum atomic E-state index is 6.17. The fraction of sp³-hybridized carbons (Fsp3) is 0.538. The van der Waals surface area contributed by atoms with Crippen molar-refractivity contribution in [1.82, 2.24) is 5.32 Å². The highest BCUT2D eigenvalue weighted by Gasteiger charge is 2.15. The number of halogens is 1. The lowest BCUT2D eigenvalue weighted by Crippen LogP contribution is -2.33. The molecule has 3 heteroatoms. The molecule has 0 heterocycles. The summed E-state index contributed by atoms with van der Waals surface area (Å²) in [5.41, 5.74) is 1.20. The Balaban J connectivity index is 2.56. The molecule has 0 fully saturated rings. The number of rotatable bonds is 6. The standard InChI is InChI=1S/C13H20ClNO/c1-10(11(2)15-8-9-16-3)12-6-4-5-7-13(12)14/h4-7,10-11,15H,8-9H2,1-3H3. The van der Waals surface area contributed by atoms with Crippen LogP contribution in [0.3, 0.4) is 0 Å². The fourth-order valence-corrected chi connectivity index (χ4v) is 1.99. The van der Waals surface area contributed by atoms with Crippen molar-refractivity contribution in [2.45, 2.75) is 25.8 Å². The smallest absolute Gasteiger partial charge is 0.0587 e. The third kappa shape index (κ3) is 3.78. The van der Waals surface area contributed by atoms with Crippen LogP contribution in [0, 0.1) is 0 Å². The average Bonchev–Trinajstić information content (AvgIpc) is 2.29. The molecule has 0 bridgehead atoms. The number of nitrogens with one attached hydrogen (secondary N) is 1. The first kappa shape index (κ1) is 13.5. The fourth-order valence-electron chi connectivity index (χ4n) is 1.68. The van der Waals surface area contributed by atoms with Crippen molar-refractivity contribution in [2.75, 3.05) is 20.3 Å². The quantitative estimate of drug-likeness (QED) is 0.773. The molecule has 0 radical (unpaired) electrons. The molecular weight excluding hydrogens is 222 g/mol. The minimum atomic E-state index is 0.384. The van der Waals surface area contributed by atoms with Gasteiger partial charge in [-0.2, -0.15) is 0 Å². The van der Waals surface area contributed by atoms with E-state index < -0.39 is 0 Å². The predicted octanol–water partition coefficient (Wildman–Crippen LogP) is 3.07. The molecule has 0 aliphatic heterocycles. The van der Waals surface area contributed by atoms with Gasteiger partial charge in [-0.3, -0.25) is 0 Å². The summed E-state index contributed by atoms with van der Waals surface area (Å²) in [7, 11) is 1.71. The second kappa shape index (κ2) is 6.89. The summed E-state index contributed by atoms with van der Waals surface area (Å²) in [5, 5.41) is 4.27. The third-order valence-electron chi connectivity index (χ3n) is 2.92. The van der Waals surface area contributed by atoms with Crippen molar-refractivity contribution < 1.29 is 4.74 Å². The van der Waals surface area contributed by atoms with Crippen molar-refractivity contribution in [1.29, 1.82) is 0 Å². The van der Waals surface area contributed by atoms with Gasteiger partial charge in [0.1, 0.15) is 0 Å². The zero-order valence-electron chi connectivity index (χ0n) is 10.2. The van der Waals surface area contributed by atoms with E-state index in [4.69, 9.17) is 16.3 Å². The number of benzene rings is 1. The van der Waals surface area contributed by atoms with Crippen LogP contribution >= 0.6 is 11.6 Å². The molecule has 1 rings (SSSR count). The van der Waals surface area contributed by atoms with Gasteiger partial charge in [0, 0.05) is 24.7 Å². The number of methoxy groups -OCH3 is 1. The SMILES string of the molecule is COCCNC(C)C(C)c1ccccc1Cl. The highest BCUT2D eigenvalue weighted by atomic mass is 35.5. The van der Waals surface area contributed by atoms with Gasteiger partial charge in [-0.25, -0.2) is 0 Å².